The first-order chi connectivity index (χ1) is 10.0. The number of benzene rings is 2. The smallest absolute Gasteiger partial charge is 0.316 e. The molecule has 0 radical (unpaired) electrons. The summed E-state index contributed by atoms with van der Waals surface area (Å²) in [6.45, 7) is 3.97. The van der Waals surface area contributed by atoms with Gasteiger partial charge in [0.2, 0.25) is 0 Å². The molecule has 0 aliphatic carbocycles. The van der Waals surface area contributed by atoms with Crippen molar-refractivity contribution >= 4 is 17.1 Å². The molecule has 4 N–H and O–H groups in total. The number of nitrogen functional groups attached to an aromatic ring is 1. The van der Waals surface area contributed by atoms with Crippen LogP contribution in [0.25, 0.3) is 0 Å². The first-order valence-corrected chi connectivity index (χ1v) is 6.60. The molecule has 6 nitrogen and oxygen atoms in total. The summed E-state index contributed by atoms with van der Waals surface area (Å²) in [7, 11) is 0. The van der Waals surface area contributed by atoms with Crippen LogP contribution in [0.3, 0.4) is 0 Å². The number of rotatable bonds is 5. The largest absolute Gasteiger partial charge is 0.373 e. The van der Waals surface area contributed by atoms with Gasteiger partial charge in [-0.25, -0.2) is 0 Å². The molecule has 0 fully saturated rings. The molecule has 21 heavy (non-hydrogen) atoms. The lowest BCUT2D eigenvalue weighted by Crippen LogP contribution is -2.12. The SMILES string of the molecule is Cc1ccc(C(C)Nc2cccc(NN)c2[N+](=O)[O-])cc1. The summed E-state index contributed by atoms with van der Waals surface area (Å²) in [6.07, 6.45) is 0. The van der Waals surface area contributed by atoms with Crippen LogP contribution in [0.4, 0.5) is 17.1 Å². The van der Waals surface area contributed by atoms with Crippen molar-refractivity contribution in [2.75, 3.05) is 10.7 Å². The molecule has 0 aliphatic heterocycles. The van der Waals surface area contributed by atoms with E-state index in [9.17, 15) is 10.1 Å². The minimum Gasteiger partial charge on any atom is -0.373 e. The second-order valence-corrected chi connectivity index (χ2v) is 4.88. The number of nitro benzene ring substituents is 1. The predicted octanol–water partition coefficient (Wildman–Crippen LogP) is 3.36. The Morgan fingerprint density at radius 2 is 1.76 bits per heavy atom. The lowest BCUT2D eigenvalue weighted by Gasteiger charge is -2.17. The summed E-state index contributed by atoms with van der Waals surface area (Å²) in [4.78, 5) is 10.8. The number of nitrogens with zero attached hydrogens (tertiary/aromatic N) is 1. The zero-order valence-electron chi connectivity index (χ0n) is 12.0. The van der Waals surface area contributed by atoms with Gasteiger partial charge in [0.15, 0.2) is 0 Å². The van der Waals surface area contributed by atoms with Crippen molar-refractivity contribution < 1.29 is 4.92 Å². The minimum absolute atomic E-state index is 0.0565. The van der Waals surface area contributed by atoms with Crippen molar-refractivity contribution in [2.24, 2.45) is 5.84 Å². The van der Waals surface area contributed by atoms with Gasteiger partial charge < -0.3 is 10.7 Å². The molecule has 0 spiro atoms. The summed E-state index contributed by atoms with van der Waals surface area (Å²) in [5.41, 5.74) is 5.24. The van der Waals surface area contributed by atoms with Crippen LogP contribution >= 0.6 is 0 Å². The number of nitrogens with one attached hydrogen (secondary N) is 2. The van der Waals surface area contributed by atoms with Crippen LogP contribution in [0.1, 0.15) is 24.1 Å². The fourth-order valence-corrected chi connectivity index (χ4v) is 2.14. The van der Waals surface area contributed by atoms with Crippen molar-refractivity contribution in [3.8, 4) is 0 Å². The Hall–Kier alpha value is -2.60. The molecule has 0 aliphatic rings. The number of para-hydroxylation sites is 1. The Morgan fingerprint density at radius 3 is 2.33 bits per heavy atom. The first-order valence-electron chi connectivity index (χ1n) is 6.60. The molecule has 1 atom stereocenters. The van der Waals surface area contributed by atoms with Crippen LogP contribution in [0.5, 0.6) is 0 Å². The Balaban J connectivity index is 2.30. The van der Waals surface area contributed by atoms with Gasteiger partial charge in [-0.05, 0) is 31.5 Å². The van der Waals surface area contributed by atoms with E-state index in [1.54, 1.807) is 18.2 Å². The zero-order valence-corrected chi connectivity index (χ0v) is 12.0. The average Bonchev–Trinajstić information content (AvgIpc) is 2.47. The third-order valence-electron chi connectivity index (χ3n) is 3.32. The summed E-state index contributed by atoms with van der Waals surface area (Å²) in [5, 5.41) is 14.4. The van der Waals surface area contributed by atoms with Crippen molar-refractivity contribution in [3.63, 3.8) is 0 Å². The van der Waals surface area contributed by atoms with Crippen molar-refractivity contribution in [2.45, 2.75) is 19.9 Å². The van der Waals surface area contributed by atoms with Gasteiger partial charge in [0, 0.05) is 6.04 Å². The molecule has 6 heteroatoms. The van der Waals surface area contributed by atoms with Crippen LogP contribution in [-0.2, 0) is 0 Å². The van der Waals surface area contributed by atoms with E-state index in [4.69, 9.17) is 5.84 Å². The molecule has 0 amide bonds. The molecule has 2 aromatic rings. The van der Waals surface area contributed by atoms with E-state index in [1.165, 1.54) is 5.56 Å². The van der Waals surface area contributed by atoms with Gasteiger partial charge in [-0.1, -0.05) is 35.9 Å². The number of anilines is 2. The molecule has 0 heterocycles. The van der Waals surface area contributed by atoms with Crippen molar-refractivity contribution in [1.82, 2.24) is 0 Å². The average molecular weight is 286 g/mol. The van der Waals surface area contributed by atoms with Crippen LogP contribution in [-0.4, -0.2) is 4.92 Å². The summed E-state index contributed by atoms with van der Waals surface area (Å²) in [6, 6.07) is 12.9. The molecular formula is C15H18N4O2. The third-order valence-corrected chi connectivity index (χ3v) is 3.32. The normalized spacial score (nSPS) is 11.8. The van der Waals surface area contributed by atoms with Gasteiger partial charge in [-0.2, -0.15) is 0 Å². The number of hydrogen-bond acceptors (Lipinski definition) is 5. The summed E-state index contributed by atoms with van der Waals surface area (Å²) in [5.74, 6) is 5.33. The van der Waals surface area contributed by atoms with Gasteiger partial charge >= 0.3 is 5.69 Å². The van der Waals surface area contributed by atoms with Crippen LogP contribution in [0.2, 0.25) is 0 Å². The van der Waals surface area contributed by atoms with Gasteiger partial charge in [0.1, 0.15) is 11.4 Å². The fraction of sp³-hybridized carbons (Fsp3) is 0.200. The summed E-state index contributed by atoms with van der Waals surface area (Å²) >= 11 is 0. The van der Waals surface area contributed by atoms with E-state index in [1.807, 2.05) is 38.1 Å². The lowest BCUT2D eigenvalue weighted by molar-refractivity contribution is -0.383. The van der Waals surface area contributed by atoms with Crippen LogP contribution in [0.15, 0.2) is 42.5 Å². The van der Waals surface area contributed by atoms with Gasteiger partial charge in [-0.3, -0.25) is 16.0 Å². The van der Waals surface area contributed by atoms with Gasteiger partial charge in [0.05, 0.1) is 4.92 Å². The van der Waals surface area contributed by atoms with Gasteiger partial charge in [-0.15, -0.1) is 0 Å². The highest BCUT2D eigenvalue weighted by Crippen LogP contribution is 2.34. The molecule has 1 unspecified atom stereocenters. The highest BCUT2D eigenvalue weighted by atomic mass is 16.6. The Morgan fingerprint density at radius 1 is 1.14 bits per heavy atom. The molecule has 0 saturated carbocycles. The number of nitrogens with two attached hydrogens (primary N) is 1. The molecule has 0 bridgehead atoms. The number of aryl methyl sites for hydroxylation is 1. The zero-order chi connectivity index (χ0) is 15.4. The first kappa shape index (κ1) is 14.8. The van der Waals surface area contributed by atoms with Gasteiger partial charge in [0.25, 0.3) is 0 Å². The standard InChI is InChI=1S/C15H18N4O2/c1-10-6-8-12(9-7-10)11(2)17-13-4-3-5-14(18-16)15(13)19(20)21/h3-9,11,17-18H,16H2,1-2H3. The Bertz CT molecular complexity index is 641. The number of hydrogen-bond donors (Lipinski definition) is 3. The second-order valence-electron chi connectivity index (χ2n) is 4.88. The minimum atomic E-state index is -0.445. The topological polar surface area (TPSA) is 93.2 Å². The second kappa shape index (κ2) is 6.23. The van der Waals surface area contributed by atoms with Crippen molar-refractivity contribution in [3.05, 3.63) is 63.7 Å². The highest BCUT2D eigenvalue weighted by Gasteiger charge is 2.20. The highest BCUT2D eigenvalue weighted by molar-refractivity contribution is 5.76. The fourth-order valence-electron chi connectivity index (χ4n) is 2.14. The van der Waals surface area contributed by atoms with E-state index < -0.39 is 4.92 Å². The molecule has 110 valence electrons. The van der Waals surface area contributed by atoms with E-state index in [0.29, 0.717) is 5.69 Å². The maximum absolute atomic E-state index is 11.2. The van der Waals surface area contributed by atoms with Crippen LogP contribution < -0.4 is 16.6 Å². The predicted molar refractivity (Wildman–Crippen MR) is 84.1 cm³/mol. The maximum Gasteiger partial charge on any atom is 0.316 e. The van der Waals surface area contributed by atoms with E-state index in [-0.39, 0.29) is 17.4 Å². The number of hydrazine groups is 1. The lowest BCUT2D eigenvalue weighted by atomic mass is 10.1. The summed E-state index contributed by atoms with van der Waals surface area (Å²) < 4.78 is 0. The Kier molecular flexibility index (Phi) is 4.39. The quantitative estimate of drug-likeness (QED) is 0.445. The van der Waals surface area contributed by atoms with E-state index in [2.05, 4.69) is 10.7 Å². The van der Waals surface area contributed by atoms with E-state index in [0.717, 1.165) is 5.56 Å². The molecular weight excluding hydrogens is 268 g/mol. The van der Waals surface area contributed by atoms with Crippen LogP contribution in [0, 0.1) is 17.0 Å². The Labute approximate surface area is 123 Å². The van der Waals surface area contributed by atoms with E-state index >= 15 is 0 Å². The maximum atomic E-state index is 11.2. The third kappa shape index (κ3) is 3.29. The monoisotopic (exact) mass is 286 g/mol. The number of nitro groups is 1. The molecule has 0 aromatic heterocycles. The molecule has 2 rings (SSSR count). The van der Waals surface area contributed by atoms with Crippen molar-refractivity contribution in [1.29, 1.82) is 0 Å². The molecule has 2 aromatic carbocycles. The molecule has 0 saturated heterocycles.